The van der Waals surface area contributed by atoms with E-state index in [1.165, 1.54) is 11.3 Å². The standard InChI is InChI=1S/C22H19NO/c1-4-10-18(11-5-1)21-22(19-12-6-2-7-13-19)24-17-16-23(21)20-14-8-3-9-15-20/h1-15H,16-17H2. The topological polar surface area (TPSA) is 12.5 Å². The highest BCUT2D eigenvalue weighted by Crippen LogP contribution is 2.36. The molecule has 24 heavy (non-hydrogen) atoms. The van der Waals surface area contributed by atoms with Crippen molar-refractivity contribution in [3.05, 3.63) is 102 Å². The summed E-state index contributed by atoms with van der Waals surface area (Å²) in [7, 11) is 0. The molecule has 1 aliphatic heterocycles. The number of hydrogen-bond donors (Lipinski definition) is 0. The summed E-state index contributed by atoms with van der Waals surface area (Å²) < 4.78 is 6.12. The second-order valence-corrected chi connectivity index (χ2v) is 5.75. The van der Waals surface area contributed by atoms with Crippen molar-refractivity contribution in [3.63, 3.8) is 0 Å². The Morgan fingerprint density at radius 1 is 0.625 bits per heavy atom. The van der Waals surface area contributed by atoms with Crippen LogP contribution in [0.1, 0.15) is 11.1 Å². The minimum absolute atomic E-state index is 0.676. The van der Waals surface area contributed by atoms with Crippen LogP contribution in [-0.2, 0) is 4.74 Å². The zero-order chi connectivity index (χ0) is 16.2. The molecule has 4 rings (SSSR count). The first-order valence-electron chi connectivity index (χ1n) is 8.24. The first-order chi connectivity index (χ1) is 11.9. The monoisotopic (exact) mass is 313 g/mol. The van der Waals surface area contributed by atoms with Crippen molar-refractivity contribution < 1.29 is 4.74 Å². The number of hydrogen-bond acceptors (Lipinski definition) is 2. The van der Waals surface area contributed by atoms with Gasteiger partial charge in [-0.15, -0.1) is 0 Å². The van der Waals surface area contributed by atoms with E-state index in [1.54, 1.807) is 0 Å². The van der Waals surface area contributed by atoms with Crippen LogP contribution >= 0.6 is 0 Å². The Bertz CT molecular complexity index is 826. The molecule has 3 aromatic rings. The second kappa shape index (κ2) is 6.63. The van der Waals surface area contributed by atoms with Gasteiger partial charge in [-0.05, 0) is 12.1 Å². The molecular formula is C22H19NO. The van der Waals surface area contributed by atoms with Crippen molar-refractivity contribution in [2.45, 2.75) is 0 Å². The number of benzene rings is 3. The van der Waals surface area contributed by atoms with E-state index in [9.17, 15) is 0 Å². The summed E-state index contributed by atoms with van der Waals surface area (Å²) in [4.78, 5) is 2.35. The lowest BCUT2D eigenvalue weighted by Crippen LogP contribution is -2.31. The van der Waals surface area contributed by atoms with Gasteiger partial charge < -0.3 is 9.64 Å². The van der Waals surface area contributed by atoms with Gasteiger partial charge in [0.05, 0.1) is 12.2 Å². The molecule has 118 valence electrons. The molecule has 0 saturated carbocycles. The van der Waals surface area contributed by atoms with Gasteiger partial charge in [-0.25, -0.2) is 0 Å². The first-order valence-corrected chi connectivity index (χ1v) is 8.24. The van der Waals surface area contributed by atoms with Crippen molar-refractivity contribution >= 4 is 17.1 Å². The van der Waals surface area contributed by atoms with Crippen molar-refractivity contribution in [3.8, 4) is 0 Å². The summed E-state index contributed by atoms with van der Waals surface area (Å²) in [5.41, 5.74) is 4.59. The molecule has 3 aromatic carbocycles. The smallest absolute Gasteiger partial charge is 0.150 e. The molecule has 1 heterocycles. The summed E-state index contributed by atoms with van der Waals surface area (Å²) in [5.74, 6) is 0.942. The van der Waals surface area contributed by atoms with E-state index < -0.39 is 0 Å². The lowest BCUT2D eigenvalue weighted by molar-refractivity contribution is 0.277. The molecular weight excluding hydrogens is 294 g/mol. The Morgan fingerprint density at radius 2 is 1.17 bits per heavy atom. The van der Waals surface area contributed by atoms with E-state index in [4.69, 9.17) is 4.74 Å². The molecule has 2 nitrogen and oxygen atoms in total. The van der Waals surface area contributed by atoms with Crippen LogP contribution in [0.2, 0.25) is 0 Å². The van der Waals surface area contributed by atoms with Crippen LogP contribution in [0.25, 0.3) is 11.5 Å². The lowest BCUT2D eigenvalue weighted by Gasteiger charge is -2.34. The third-order valence-electron chi connectivity index (χ3n) is 4.20. The zero-order valence-corrected chi connectivity index (χ0v) is 13.4. The summed E-state index contributed by atoms with van der Waals surface area (Å²) >= 11 is 0. The van der Waals surface area contributed by atoms with E-state index in [0.717, 1.165) is 23.6 Å². The molecule has 0 atom stereocenters. The average molecular weight is 313 g/mol. The molecule has 0 aromatic heterocycles. The van der Waals surface area contributed by atoms with E-state index in [2.05, 4.69) is 77.7 Å². The predicted octanol–water partition coefficient (Wildman–Crippen LogP) is 5.05. The Kier molecular flexibility index (Phi) is 4.03. The zero-order valence-electron chi connectivity index (χ0n) is 13.4. The van der Waals surface area contributed by atoms with E-state index in [0.29, 0.717) is 6.61 Å². The summed E-state index contributed by atoms with van der Waals surface area (Å²) in [6.45, 7) is 1.51. The van der Waals surface area contributed by atoms with Gasteiger partial charge in [0.2, 0.25) is 0 Å². The SMILES string of the molecule is c1ccc(C2=C(c3ccccc3)N(c3ccccc3)CCO2)cc1. The summed E-state index contributed by atoms with van der Waals surface area (Å²) in [5, 5.41) is 0. The van der Waals surface area contributed by atoms with Crippen LogP contribution in [0.5, 0.6) is 0 Å². The van der Waals surface area contributed by atoms with Gasteiger partial charge >= 0.3 is 0 Å². The Balaban J connectivity index is 1.92. The highest BCUT2D eigenvalue weighted by atomic mass is 16.5. The van der Waals surface area contributed by atoms with Crippen molar-refractivity contribution in [1.29, 1.82) is 0 Å². The van der Waals surface area contributed by atoms with E-state index in [-0.39, 0.29) is 0 Å². The molecule has 0 unspecified atom stereocenters. The molecule has 0 radical (unpaired) electrons. The highest BCUT2D eigenvalue weighted by Gasteiger charge is 2.24. The average Bonchev–Trinajstić information content (AvgIpc) is 2.69. The minimum atomic E-state index is 0.676. The van der Waals surface area contributed by atoms with Crippen molar-refractivity contribution in [2.75, 3.05) is 18.1 Å². The van der Waals surface area contributed by atoms with E-state index >= 15 is 0 Å². The lowest BCUT2D eigenvalue weighted by atomic mass is 10.0. The number of anilines is 1. The number of nitrogens with zero attached hydrogens (tertiary/aromatic N) is 1. The van der Waals surface area contributed by atoms with Gasteiger partial charge in [-0.3, -0.25) is 0 Å². The van der Waals surface area contributed by atoms with Crippen LogP contribution in [-0.4, -0.2) is 13.2 Å². The van der Waals surface area contributed by atoms with Crippen LogP contribution < -0.4 is 4.90 Å². The van der Waals surface area contributed by atoms with Gasteiger partial charge in [-0.2, -0.15) is 0 Å². The molecule has 2 heteroatoms. The molecule has 1 aliphatic rings. The minimum Gasteiger partial charge on any atom is -0.489 e. The Morgan fingerprint density at radius 3 is 1.79 bits per heavy atom. The third kappa shape index (κ3) is 2.79. The Hall–Kier alpha value is -3.00. The first kappa shape index (κ1) is 14.6. The molecule has 0 N–H and O–H groups in total. The van der Waals surface area contributed by atoms with Crippen molar-refractivity contribution in [1.82, 2.24) is 0 Å². The summed E-state index contributed by atoms with van der Waals surface area (Å²) in [6.07, 6.45) is 0. The fourth-order valence-electron chi connectivity index (χ4n) is 3.10. The van der Waals surface area contributed by atoms with Crippen LogP contribution in [0, 0.1) is 0 Å². The number of ether oxygens (including phenoxy) is 1. The molecule has 0 spiro atoms. The van der Waals surface area contributed by atoms with Crippen LogP contribution in [0.4, 0.5) is 5.69 Å². The molecule has 0 aliphatic carbocycles. The Labute approximate surface area is 142 Å². The fraction of sp³-hybridized carbons (Fsp3) is 0.0909. The molecule has 0 bridgehead atoms. The van der Waals surface area contributed by atoms with Gasteiger partial charge in [0, 0.05) is 16.8 Å². The number of rotatable bonds is 3. The van der Waals surface area contributed by atoms with Gasteiger partial charge in [0.25, 0.3) is 0 Å². The number of para-hydroxylation sites is 1. The fourth-order valence-corrected chi connectivity index (χ4v) is 3.10. The molecule has 0 fully saturated rings. The van der Waals surface area contributed by atoms with Crippen LogP contribution in [0.3, 0.4) is 0 Å². The maximum absolute atomic E-state index is 6.12. The third-order valence-corrected chi connectivity index (χ3v) is 4.20. The normalized spacial score (nSPS) is 14.4. The quantitative estimate of drug-likeness (QED) is 0.671. The largest absolute Gasteiger partial charge is 0.489 e. The summed E-state index contributed by atoms with van der Waals surface area (Å²) in [6, 6.07) is 31.3. The maximum atomic E-state index is 6.12. The van der Waals surface area contributed by atoms with Crippen LogP contribution in [0.15, 0.2) is 91.0 Å². The highest BCUT2D eigenvalue weighted by molar-refractivity contribution is 5.95. The predicted molar refractivity (Wildman–Crippen MR) is 99.4 cm³/mol. The second-order valence-electron chi connectivity index (χ2n) is 5.75. The molecule has 0 saturated heterocycles. The van der Waals surface area contributed by atoms with Gasteiger partial charge in [-0.1, -0.05) is 78.9 Å². The van der Waals surface area contributed by atoms with Gasteiger partial charge in [0.15, 0.2) is 5.76 Å². The van der Waals surface area contributed by atoms with Gasteiger partial charge in [0.1, 0.15) is 6.61 Å². The maximum Gasteiger partial charge on any atom is 0.150 e. The molecule has 0 amide bonds. The van der Waals surface area contributed by atoms with E-state index in [1.807, 2.05) is 18.2 Å². The van der Waals surface area contributed by atoms with Crippen molar-refractivity contribution in [2.24, 2.45) is 0 Å².